The molecule has 1 saturated carbocycles. The van der Waals surface area contributed by atoms with Gasteiger partial charge in [-0.25, -0.2) is 0 Å². The van der Waals surface area contributed by atoms with E-state index in [1.165, 1.54) is 24.8 Å². The number of nitrogens with one attached hydrogen (secondary N) is 1. The molecule has 1 aromatic heterocycles. The van der Waals surface area contributed by atoms with E-state index in [0.29, 0.717) is 18.8 Å². The molecule has 2 amide bonds. The molecule has 4 rings (SSSR count). The molecule has 2 heterocycles. The normalized spacial score (nSPS) is 22.1. The summed E-state index contributed by atoms with van der Waals surface area (Å²) in [6, 6.07) is 10.3. The summed E-state index contributed by atoms with van der Waals surface area (Å²) in [5.41, 5.74) is 2.65. The minimum absolute atomic E-state index is 0.0687. The van der Waals surface area contributed by atoms with Crippen LogP contribution in [0.5, 0.6) is 0 Å². The maximum atomic E-state index is 13.8. The largest absolute Gasteiger partial charge is 0.351 e. The van der Waals surface area contributed by atoms with Crippen LogP contribution in [0.1, 0.15) is 98.9 Å². The molecule has 1 aliphatic carbocycles. The van der Waals surface area contributed by atoms with Gasteiger partial charge in [0.25, 0.3) is 5.91 Å². The van der Waals surface area contributed by atoms with Crippen molar-refractivity contribution in [3.05, 3.63) is 52.8 Å². The number of carbonyl (C=O) groups excluding carboxylic acids is 2. The molecular formula is C27H38N4O2. The lowest BCUT2D eigenvalue weighted by Crippen LogP contribution is -2.64. The van der Waals surface area contributed by atoms with Crippen LogP contribution in [0.3, 0.4) is 0 Å². The van der Waals surface area contributed by atoms with Crippen molar-refractivity contribution in [2.45, 2.75) is 103 Å². The van der Waals surface area contributed by atoms with E-state index in [1.807, 2.05) is 32.0 Å². The molecule has 0 spiro atoms. The van der Waals surface area contributed by atoms with Gasteiger partial charge < -0.3 is 10.2 Å². The minimum Gasteiger partial charge on any atom is -0.351 e. The summed E-state index contributed by atoms with van der Waals surface area (Å²) in [6.07, 6.45) is 8.07. The Hall–Kier alpha value is -2.63. The Bertz CT molecular complexity index is 986. The van der Waals surface area contributed by atoms with Gasteiger partial charge in [-0.05, 0) is 44.2 Å². The molecule has 33 heavy (non-hydrogen) atoms. The number of fused-ring (bicyclic) bond motifs is 1. The van der Waals surface area contributed by atoms with Gasteiger partial charge in [0.05, 0.1) is 12.2 Å². The molecule has 0 saturated heterocycles. The summed E-state index contributed by atoms with van der Waals surface area (Å²) in [5, 5.41) is 8.02. The fourth-order valence-electron chi connectivity index (χ4n) is 5.01. The molecule has 1 fully saturated rings. The fourth-order valence-corrected chi connectivity index (χ4v) is 5.01. The van der Waals surface area contributed by atoms with E-state index in [-0.39, 0.29) is 23.8 Å². The number of nitrogens with zero attached hydrogens (tertiary/aromatic N) is 3. The molecule has 6 heteroatoms. The summed E-state index contributed by atoms with van der Waals surface area (Å²) in [4.78, 5) is 29.3. The summed E-state index contributed by atoms with van der Waals surface area (Å²) in [7, 11) is 0. The van der Waals surface area contributed by atoms with E-state index in [4.69, 9.17) is 5.10 Å². The number of carbonyl (C=O) groups is 2. The van der Waals surface area contributed by atoms with E-state index in [0.717, 1.165) is 36.9 Å². The smallest absolute Gasteiger partial charge is 0.273 e. The van der Waals surface area contributed by atoms with Crippen LogP contribution in [-0.2, 0) is 17.9 Å². The number of hydrogen-bond donors (Lipinski definition) is 1. The third-order valence-corrected chi connectivity index (χ3v) is 7.30. The zero-order valence-corrected chi connectivity index (χ0v) is 20.6. The van der Waals surface area contributed by atoms with Crippen molar-refractivity contribution in [1.82, 2.24) is 20.0 Å². The second kappa shape index (κ2) is 9.70. The monoisotopic (exact) mass is 450 g/mol. The lowest BCUT2D eigenvalue weighted by atomic mass is 9.91. The number of aromatic nitrogens is 2. The van der Waals surface area contributed by atoms with Crippen LogP contribution in [0.2, 0.25) is 0 Å². The van der Waals surface area contributed by atoms with Gasteiger partial charge in [0.1, 0.15) is 11.2 Å². The van der Waals surface area contributed by atoms with Gasteiger partial charge in [-0.1, -0.05) is 75.8 Å². The number of benzene rings is 1. The zero-order chi connectivity index (χ0) is 23.6. The van der Waals surface area contributed by atoms with E-state index >= 15 is 0 Å². The second-order valence-electron chi connectivity index (χ2n) is 10.4. The topological polar surface area (TPSA) is 67.2 Å². The quantitative estimate of drug-likeness (QED) is 0.700. The standard InChI is InChI=1S/C27H38N4O2/c1-19(2)23-16-24-25(32)30(17-21-14-12-20(3)13-15-21)27(4,18-31(24)29-23)26(33)28-22-10-8-6-5-7-9-11-22/h12-16,19,22H,5-11,17-18H2,1-4H3,(H,28,33)/t27-/m1/s1. The van der Waals surface area contributed by atoms with E-state index in [1.54, 1.807) is 9.58 Å². The summed E-state index contributed by atoms with van der Waals surface area (Å²) in [5.74, 6) is 0.0220. The second-order valence-corrected chi connectivity index (χ2v) is 10.4. The molecule has 2 aliphatic rings. The van der Waals surface area contributed by atoms with Crippen LogP contribution >= 0.6 is 0 Å². The average Bonchev–Trinajstić information content (AvgIpc) is 3.18. The zero-order valence-electron chi connectivity index (χ0n) is 20.6. The lowest BCUT2D eigenvalue weighted by Gasteiger charge is -2.44. The first kappa shape index (κ1) is 23.5. The van der Waals surface area contributed by atoms with Crippen molar-refractivity contribution in [1.29, 1.82) is 0 Å². The van der Waals surface area contributed by atoms with Crippen molar-refractivity contribution >= 4 is 11.8 Å². The first-order valence-corrected chi connectivity index (χ1v) is 12.5. The van der Waals surface area contributed by atoms with Crippen LogP contribution in [-0.4, -0.2) is 38.1 Å². The Kier molecular flexibility index (Phi) is 6.91. The molecular weight excluding hydrogens is 412 g/mol. The highest BCUT2D eigenvalue weighted by Crippen LogP contribution is 2.31. The van der Waals surface area contributed by atoms with E-state index < -0.39 is 5.54 Å². The first-order chi connectivity index (χ1) is 15.8. The van der Waals surface area contributed by atoms with Crippen molar-refractivity contribution in [2.24, 2.45) is 0 Å². The van der Waals surface area contributed by atoms with Crippen molar-refractivity contribution in [3.63, 3.8) is 0 Å². The average molecular weight is 451 g/mol. The minimum atomic E-state index is -1.00. The maximum absolute atomic E-state index is 13.8. The van der Waals surface area contributed by atoms with E-state index in [2.05, 4.69) is 31.3 Å². The molecule has 1 aliphatic heterocycles. The third-order valence-electron chi connectivity index (χ3n) is 7.30. The Morgan fingerprint density at radius 2 is 1.76 bits per heavy atom. The van der Waals surface area contributed by atoms with Crippen molar-refractivity contribution in [2.75, 3.05) is 0 Å². The summed E-state index contributed by atoms with van der Waals surface area (Å²) < 4.78 is 1.75. The first-order valence-electron chi connectivity index (χ1n) is 12.5. The molecule has 0 radical (unpaired) electrons. The van der Waals surface area contributed by atoms with E-state index in [9.17, 15) is 9.59 Å². The predicted molar refractivity (Wildman–Crippen MR) is 130 cm³/mol. The highest BCUT2D eigenvalue weighted by Gasteiger charge is 2.48. The molecule has 1 aromatic carbocycles. The van der Waals surface area contributed by atoms with Gasteiger partial charge in [0.15, 0.2) is 0 Å². The van der Waals surface area contributed by atoms with Crippen LogP contribution in [0.4, 0.5) is 0 Å². The van der Waals surface area contributed by atoms with Crippen LogP contribution < -0.4 is 5.32 Å². The Morgan fingerprint density at radius 1 is 1.12 bits per heavy atom. The van der Waals surface area contributed by atoms with Crippen molar-refractivity contribution in [3.8, 4) is 0 Å². The summed E-state index contributed by atoms with van der Waals surface area (Å²) >= 11 is 0. The van der Waals surface area contributed by atoms with Gasteiger partial charge in [0.2, 0.25) is 5.91 Å². The molecule has 0 bridgehead atoms. The SMILES string of the molecule is Cc1ccc(CN2C(=O)c3cc(C(C)C)nn3C[C@]2(C)C(=O)NC2CCCCCCC2)cc1. The van der Waals surface area contributed by atoms with Crippen LogP contribution in [0.15, 0.2) is 30.3 Å². The molecule has 0 unspecified atom stereocenters. The molecule has 2 aromatic rings. The third kappa shape index (κ3) is 4.99. The van der Waals surface area contributed by atoms with Gasteiger partial charge in [-0.2, -0.15) is 5.10 Å². The highest BCUT2D eigenvalue weighted by molar-refractivity contribution is 5.99. The fraction of sp³-hybridized carbons (Fsp3) is 0.593. The van der Waals surface area contributed by atoms with Crippen LogP contribution in [0, 0.1) is 6.92 Å². The van der Waals surface area contributed by atoms with Gasteiger partial charge >= 0.3 is 0 Å². The Labute approximate surface area is 197 Å². The van der Waals surface area contributed by atoms with Gasteiger partial charge in [-0.3, -0.25) is 14.3 Å². The van der Waals surface area contributed by atoms with Gasteiger partial charge in [0, 0.05) is 12.6 Å². The molecule has 1 atom stereocenters. The lowest BCUT2D eigenvalue weighted by molar-refractivity contribution is -0.134. The highest BCUT2D eigenvalue weighted by atomic mass is 16.2. The number of aryl methyl sites for hydroxylation is 1. The molecule has 178 valence electrons. The Morgan fingerprint density at radius 3 is 2.39 bits per heavy atom. The Balaban J connectivity index is 1.65. The molecule has 6 nitrogen and oxygen atoms in total. The van der Waals surface area contributed by atoms with Gasteiger partial charge in [-0.15, -0.1) is 0 Å². The van der Waals surface area contributed by atoms with Crippen molar-refractivity contribution < 1.29 is 9.59 Å². The summed E-state index contributed by atoms with van der Waals surface area (Å²) in [6.45, 7) is 8.86. The number of hydrogen-bond acceptors (Lipinski definition) is 3. The predicted octanol–water partition coefficient (Wildman–Crippen LogP) is 4.96. The van der Waals surface area contributed by atoms with Crippen LogP contribution in [0.25, 0.3) is 0 Å². The number of rotatable bonds is 5. The molecule has 1 N–H and O–H groups in total. The maximum Gasteiger partial charge on any atom is 0.273 e. The number of amides is 2.